The molecule has 2 rings (SSSR count). The molecule has 0 heterocycles. The normalized spacial score (nSPS) is 9.85. The highest BCUT2D eigenvalue weighted by Gasteiger charge is 2.08. The molecule has 0 saturated carbocycles. The van der Waals surface area contributed by atoms with Crippen molar-refractivity contribution in [2.24, 2.45) is 0 Å². The highest BCUT2D eigenvalue weighted by atomic mass is 35.5. The van der Waals surface area contributed by atoms with Crippen molar-refractivity contribution in [3.8, 4) is 11.8 Å². The molecule has 0 radical (unpaired) electrons. The number of ether oxygens (including phenoxy) is 1. The number of carbonyl (C=O) groups is 1. The van der Waals surface area contributed by atoms with E-state index in [0.717, 1.165) is 5.56 Å². The maximum absolute atomic E-state index is 11.4. The zero-order valence-electron chi connectivity index (χ0n) is 10.9. The van der Waals surface area contributed by atoms with Gasteiger partial charge < -0.3 is 4.74 Å². The van der Waals surface area contributed by atoms with E-state index in [1.165, 1.54) is 6.92 Å². The Balaban J connectivity index is 2.17. The lowest BCUT2D eigenvalue weighted by atomic mass is 10.1. The van der Waals surface area contributed by atoms with Gasteiger partial charge in [0.1, 0.15) is 18.4 Å². The topological polar surface area (TPSA) is 50.1 Å². The number of nitriles is 1. The Morgan fingerprint density at radius 1 is 1.30 bits per heavy atom. The summed E-state index contributed by atoms with van der Waals surface area (Å²) in [7, 11) is 0. The van der Waals surface area contributed by atoms with Crippen molar-refractivity contribution >= 4 is 17.4 Å². The van der Waals surface area contributed by atoms with Crippen molar-refractivity contribution in [3.63, 3.8) is 0 Å². The van der Waals surface area contributed by atoms with E-state index >= 15 is 0 Å². The van der Waals surface area contributed by atoms with Gasteiger partial charge in [0, 0.05) is 16.1 Å². The molecule has 0 fully saturated rings. The Kier molecular flexibility index (Phi) is 4.39. The van der Waals surface area contributed by atoms with Gasteiger partial charge >= 0.3 is 0 Å². The first kappa shape index (κ1) is 14.1. The fourth-order valence-corrected chi connectivity index (χ4v) is 1.98. The molecule has 2 aromatic rings. The monoisotopic (exact) mass is 285 g/mol. The lowest BCUT2D eigenvalue weighted by Crippen LogP contribution is -2.00. The molecule has 20 heavy (non-hydrogen) atoms. The number of hydrogen-bond acceptors (Lipinski definition) is 3. The number of Topliss-reactive ketones (excluding diaryl/α,β-unsaturated/α-hetero) is 1. The number of nitrogens with zero attached hydrogens (tertiary/aromatic N) is 1. The first-order chi connectivity index (χ1) is 9.61. The second-order valence-corrected chi connectivity index (χ2v) is 4.66. The van der Waals surface area contributed by atoms with Crippen LogP contribution in [0, 0.1) is 11.3 Å². The van der Waals surface area contributed by atoms with E-state index in [-0.39, 0.29) is 5.78 Å². The number of ketones is 1. The molecule has 4 heteroatoms. The summed E-state index contributed by atoms with van der Waals surface area (Å²) in [6.45, 7) is 1.74. The molecule has 0 saturated heterocycles. The van der Waals surface area contributed by atoms with Crippen molar-refractivity contribution in [3.05, 3.63) is 64.2 Å². The number of hydrogen-bond donors (Lipinski definition) is 0. The van der Waals surface area contributed by atoms with E-state index in [9.17, 15) is 4.79 Å². The molecular weight excluding hydrogens is 274 g/mol. The Morgan fingerprint density at radius 2 is 2.05 bits per heavy atom. The Morgan fingerprint density at radius 3 is 2.70 bits per heavy atom. The third-order valence-electron chi connectivity index (χ3n) is 2.84. The van der Waals surface area contributed by atoms with Gasteiger partial charge in [0.05, 0.1) is 5.56 Å². The quantitative estimate of drug-likeness (QED) is 0.798. The van der Waals surface area contributed by atoms with E-state index in [0.29, 0.717) is 28.5 Å². The van der Waals surface area contributed by atoms with Crippen LogP contribution in [0.1, 0.15) is 28.4 Å². The number of halogens is 1. The number of benzene rings is 2. The minimum absolute atomic E-state index is 0.140. The molecule has 0 aliphatic carbocycles. The summed E-state index contributed by atoms with van der Waals surface area (Å²) < 4.78 is 5.60. The molecule has 0 aromatic heterocycles. The Bertz CT molecular complexity index is 689. The van der Waals surface area contributed by atoms with Gasteiger partial charge in [-0.1, -0.05) is 29.8 Å². The van der Waals surface area contributed by atoms with Gasteiger partial charge in [0.15, 0.2) is 5.78 Å². The van der Waals surface area contributed by atoms with Gasteiger partial charge in [-0.3, -0.25) is 4.79 Å². The molecule has 0 spiro atoms. The van der Waals surface area contributed by atoms with Crippen molar-refractivity contribution in [2.75, 3.05) is 0 Å². The van der Waals surface area contributed by atoms with E-state index in [1.807, 2.05) is 24.3 Å². The summed E-state index contributed by atoms with van der Waals surface area (Å²) in [4.78, 5) is 11.4. The lowest BCUT2D eigenvalue weighted by Gasteiger charge is -2.09. The minimum atomic E-state index is -0.140. The summed E-state index contributed by atoms with van der Waals surface area (Å²) in [6, 6.07) is 14.2. The first-order valence-corrected chi connectivity index (χ1v) is 6.41. The molecule has 0 bridgehead atoms. The molecule has 2 aromatic carbocycles. The van der Waals surface area contributed by atoms with Crippen molar-refractivity contribution in [2.45, 2.75) is 13.5 Å². The van der Waals surface area contributed by atoms with Crippen LogP contribution in [0.25, 0.3) is 0 Å². The van der Waals surface area contributed by atoms with Gasteiger partial charge in [-0.25, -0.2) is 0 Å². The second kappa shape index (κ2) is 6.23. The van der Waals surface area contributed by atoms with E-state index in [1.54, 1.807) is 24.3 Å². The van der Waals surface area contributed by atoms with Crippen LogP contribution in [0.2, 0.25) is 5.02 Å². The molecule has 0 aliphatic heterocycles. The Hall–Kier alpha value is -2.31. The zero-order valence-corrected chi connectivity index (χ0v) is 11.6. The van der Waals surface area contributed by atoms with E-state index < -0.39 is 0 Å². The van der Waals surface area contributed by atoms with Crippen LogP contribution in [0.15, 0.2) is 42.5 Å². The third kappa shape index (κ3) is 3.17. The van der Waals surface area contributed by atoms with Gasteiger partial charge in [-0.15, -0.1) is 0 Å². The molecule has 0 aliphatic rings. The van der Waals surface area contributed by atoms with Crippen molar-refractivity contribution in [1.82, 2.24) is 0 Å². The average molecular weight is 286 g/mol. The van der Waals surface area contributed by atoms with Gasteiger partial charge in [-0.05, 0) is 31.2 Å². The molecule has 100 valence electrons. The first-order valence-electron chi connectivity index (χ1n) is 6.03. The Labute approximate surface area is 122 Å². The van der Waals surface area contributed by atoms with Crippen LogP contribution in [0.5, 0.6) is 5.75 Å². The van der Waals surface area contributed by atoms with Crippen LogP contribution < -0.4 is 4.74 Å². The maximum atomic E-state index is 11.4. The number of rotatable bonds is 4. The largest absolute Gasteiger partial charge is 0.489 e. The van der Waals surface area contributed by atoms with Crippen LogP contribution in [-0.4, -0.2) is 5.78 Å². The summed E-state index contributed by atoms with van der Waals surface area (Å²) >= 11 is 6.04. The second-order valence-electron chi connectivity index (χ2n) is 4.26. The molecule has 3 nitrogen and oxygen atoms in total. The lowest BCUT2D eigenvalue weighted by molar-refractivity contribution is 0.101. The average Bonchev–Trinajstić information content (AvgIpc) is 2.46. The van der Waals surface area contributed by atoms with Gasteiger partial charge in [0.2, 0.25) is 0 Å². The van der Waals surface area contributed by atoms with E-state index in [4.69, 9.17) is 21.6 Å². The molecule has 0 atom stereocenters. The highest BCUT2D eigenvalue weighted by molar-refractivity contribution is 6.31. The number of carbonyl (C=O) groups excluding carboxylic acids is 1. The predicted octanol–water partition coefficient (Wildman–Crippen LogP) is 3.99. The maximum Gasteiger partial charge on any atom is 0.161 e. The van der Waals surface area contributed by atoms with Crippen LogP contribution in [-0.2, 0) is 6.61 Å². The van der Waals surface area contributed by atoms with Crippen molar-refractivity contribution in [1.29, 1.82) is 5.26 Å². The van der Waals surface area contributed by atoms with Crippen LogP contribution in [0.4, 0.5) is 0 Å². The summed E-state index contributed by atoms with van der Waals surface area (Å²) in [6.07, 6.45) is 0. The van der Waals surface area contributed by atoms with Crippen LogP contribution in [0.3, 0.4) is 0 Å². The van der Waals surface area contributed by atoms with Crippen LogP contribution >= 0.6 is 11.6 Å². The predicted molar refractivity (Wildman–Crippen MR) is 76.9 cm³/mol. The molecular formula is C16H12ClNO2. The fourth-order valence-electron chi connectivity index (χ4n) is 1.79. The van der Waals surface area contributed by atoms with Crippen molar-refractivity contribution < 1.29 is 9.53 Å². The summed E-state index contributed by atoms with van der Waals surface area (Å²) in [5, 5.41) is 9.67. The molecule has 0 amide bonds. The van der Waals surface area contributed by atoms with E-state index in [2.05, 4.69) is 0 Å². The standard InChI is InChI=1S/C16H12ClNO2/c1-11(19)15-7-6-14(8-13(15)9-18)20-10-12-4-2-3-5-16(12)17/h2-8H,10H2,1H3. The zero-order chi connectivity index (χ0) is 14.5. The highest BCUT2D eigenvalue weighted by Crippen LogP contribution is 2.21. The summed E-state index contributed by atoms with van der Waals surface area (Å²) in [5.74, 6) is 0.394. The summed E-state index contributed by atoms with van der Waals surface area (Å²) in [5.41, 5.74) is 1.58. The minimum Gasteiger partial charge on any atom is -0.489 e. The van der Waals surface area contributed by atoms with Gasteiger partial charge in [-0.2, -0.15) is 5.26 Å². The fraction of sp³-hybridized carbons (Fsp3) is 0.125. The molecule has 0 N–H and O–H groups in total. The molecule has 0 unspecified atom stereocenters. The smallest absolute Gasteiger partial charge is 0.161 e. The SMILES string of the molecule is CC(=O)c1ccc(OCc2ccccc2Cl)cc1C#N. The van der Waals surface area contributed by atoms with Gasteiger partial charge in [0.25, 0.3) is 0 Å². The third-order valence-corrected chi connectivity index (χ3v) is 3.21.